The average Bonchev–Trinajstić information content (AvgIpc) is 3.30. The Hall–Kier alpha value is -0.502. The second-order valence-electron chi connectivity index (χ2n) is 2.59. The summed E-state index contributed by atoms with van der Waals surface area (Å²) in [5.74, 6) is 0.817. The molecule has 1 radical (unpaired) electrons. The van der Waals surface area contributed by atoms with Crippen LogP contribution < -0.4 is 0 Å². The molecule has 0 bridgehead atoms. The molecule has 1 aliphatic carbocycles. The molecule has 0 atom stereocenters. The Morgan fingerprint density at radius 1 is 0.643 bits per heavy atom. The molecule has 0 aliphatic heterocycles. The van der Waals surface area contributed by atoms with Gasteiger partial charge in [0.2, 0.25) is 0 Å². The fourth-order valence-electron chi connectivity index (χ4n) is 1.33. The summed E-state index contributed by atoms with van der Waals surface area (Å²) in [7, 11) is 0. The van der Waals surface area contributed by atoms with E-state index in [1.165, 1.54) is 12.8 Å². The summed E-state index contributed by atoms with van der Waals surface area (Å²) in [6, 6.07) is 0. The van der Waals surface area contributed by atoms with Crippen LogP contribution in [0.15, 0.2) is 0 Å². The Labute approximate surface area is 203 Å². The van der Waals surface area contributed by atoms with Crippen molar-refractivity contribution in [2.45, 2.75) is 32.6 Å². The van der Waals surface area contributed by atoms with E-state index in [-0.39, 0.29) is 64.7 Å². The van der Waals surface area contributed by atoms with Crippen LogP contribution in [-0.4, -0.2) is 5.78 Å². The molecule has 9 nitrogen and oxygen atoms in total. The standard InChI is InChI=1S/C7H12O.8CO.Co.Cr.Fe.H2S/c1-6(8)7-4-2-3-5-7;8*1-2;;;;/h7H,2-5H2,1H3;;;;;;;;;;;;1H2/p-1. The summed E-state index contributed by atoms with van der Waals surface area (Å²) in [4.78, 5) is 10.6. The molecule has 0 saturated heterocycles. The monoisotopic (exact) mass is 536 g/mol. The third kappa shape index (κ3) is 139. The minimum Gasteiger partial charge on any atom is -0.813 e. The summed E-state index contributed by atoms with van der Waals surface area (Å²) in [5.41, 5.74) is 0. The molecular formula is C15H13CoCrFeO9S-. The van der Waals surface area contributed by atoms with Crippen LogP contribution in [0.1, 0.15) is 32.6 Å². The summed E-state index contributed by atoms with van der Waals surface area (Å²) >= 11 is 0. The number of carbonyl (C=O) groups excluding carboxylic acids is 1. The number of carbonyl (C=O) groups is 1. The molecule has 1 saturated carbocycles. The van der Waals surface area contributed by atoms with E-state index in [9.17, 15) is 4.79 Å². The van der Waals surface area contributed by atoms with E-state index < -0.39 is 0 Å². The van der Waals surface area contributed by atoms with Crippen LogP contribution in [0, 0.1) is 59.1 Å². The van der Waals surface area contributed by atoms with Gasteiger partial charge in [0.25, 0.3) is 0 Å². The Balaban J connectivity index is -0.0000000113. The Bertz CT molecular complexity index is 313. The molecule has 0 heterocycles. The quantitative estimate of drug-likeness (QED) is 0.161. The topological polar surface area (TPSA) is 176 Å². The molecule has 28 heavy (non-hydrogen) atoms. The van der Waals surface area contributed by atoms with Crippen molar-refractivity contribution in [2.75, 3.05) is 0 Å². The second-order valence-corrected chi connectivity index (χ2v) is 2.59. The predicted molar refractivity (Wildman–Crippen MR) is 72.8 cm³/mol. The molecule has 0 aromatic heterocycles. The fraction of sp³-hybridized carbons (Fsp3) is 0.400. The van der Waals surface area contributed by atoms with E-state index in [1.54, 1.807) is 6.92 Å². The largest absolute Gasteiger partial charge is 0.813 e. The second kappa shape index (κ2) is 191. The van der Waals surface area contributed by atoms with Gasteiger partial charge in [-0.25, -0.2) is 0 Å². The maximum atomic E-state index is 10.6. The summed E-state index contributed by atoms with van der Waals surface area (Å²) in [6.07, 6.45) is 4.83. The average molecular weight is 536 g/mol. The number of hydrogen-bond acceptors (Lipinski definition) is 2. The summed E-state index contributed by atoms with van der Waals surface area (Å²) in [5, 5.41) is 0. The summed E-state index contributed by atoms with van der Waals surface area (Å²) < 4.78 is 60.0. The number of thiol groups is 1. The third-order valence-corrected chi connectivity index (χ3v) is 1.93. The first-order valence-corrected chi connectivity index (χ1v) is 4.94. The van der Waals surface area contributed by atoms with Crippen LogP contribution in [0.4, 0.5) is 0 Å². The van der Waals surface area contributed by atoms with Gasteiger partial charge in [0.05, 0.1) is 0 Å². The van der Waals surface area contributed by atoms with E-state index in [0.29, 0.717) is 11.7 Å². The van der Waals surface area contributed by atoms with Gasteiger partial charge in [0, 0.05) is 57.1 Å². The van der Waals surface area contributed by atoms with Crippen LogP contribution in [-0.2, 0) is 107 Å². The maximum absolute atomic E-state index is 10.6. The Morgan fingerprint density at radius 3 is 0.857 bits per heavy atom. The number of ketones is 1. The van der Waals surface area contributed by atoms with Crippen LogP contribution in [0.5, 0.6) is 0 Å². The van der Waals surface area contributed by atoms with Gasteiger partial charge in [-0.05, 0) is 19.8 Å². The van der Waals surface area contributed by atoms with Gasteiger partial charge in [0.1, 0.15) is 5.78 Å². The van der Waals surface area contributed by atoms with E-state index >= 15 is 0 Å². The van der Waals surface area contributed by atoms with Gasteiger partial charge in [-0.1, -0.05) is 12.8 Å². The first-order chi connectivity index (χ1) is 11.8. The molecule has 0 aromatic carbocycles. The van der Waals surface area contributed by atoms with Crippen molar-refractivity contribution in [1.82, 2.24) is 0 Å². The first kappa shape index (κ1) is 80.4. The molecule has 0 N–H and O–H groups in total. The van der Waals surface area contributed by atoms with Crippen LogP contribution in [0.3, 0.4) is 0 Å². The molecule has 157 valence electrons. The van der Waals surface area contributed by atoms with Crippen molar-refractivity contribution in [1.29, 1.82) is 0 Å². The van der Waals surface area contributed by atoms with E-state index in [0.717, 1.165) is 12.8 Å². The molecule has 13 heteroatoms. The molecule has 1 fully saturated rings. The zero-order valence-corrected chi connectivity index (χ0v) is 18.4. The number of Topliss-reactive ketones (excluding diaryl/α,β-unsaturated/α-hetero) is 1. The van der Waals surface area contributed by atoms with Crippen molar-refractivity contribution < 1.29 is 93.2 Å². The molecule has 1 rings (SSSR count). The van der Waals surface area contributed by atoms with E-state index in [1.807, 2.05) is 0 Å². The van der Waals surface area contributed by atoms with Gasteiger partial charge >= 0.3 is 90.4 Å². The van der Waals surface area contributed by atoms with Gasteiger partial charge in [-0.15, -0.1) is 0 Å². The Kier molecular flexibility index (Phi) is 548. The zero-order valence-electron chi connectivity index (χ0n) is 14.1. The fourth-order valence-corrected chi connectivity index (χ4v) is 1.33. The normalized spacial score (nSPS) is 6.75. The molecule has 0 unspecified atom stereocenters. The van der Waals surface area contributed by atoms with Crippen LogP contribution in [0.2, 0.25) is 0 Å². The molecule has 0 spiro atoms. The van der Waals surface area contributed by atoms with Crippen LogP contribution in [0.25, 0.3) is 0 Å². The molecular weight excluding hydrogens is 523 g/mol. The van der Waals surface area contributed by atoms with Gasteiger partial charge in [0.15, 0.2) is 0 Å². The zero-order chi connectivity index (χ0) is 22.0. The van der Waals surface area contributed by atoms with Gasteiger partial charge in [-0.2, -0.15) is 0 Å². The Morgan fingerprint density at radius 2 is 0.786 bits per heavy atom. The summed E-state index contributed by atoms with van der Waals surface area (Å²) in [6.45, 7) is 37.7. The van der Waals surface area contributed by atoms with Crippen molar-refractivity contribution >= 4 is 19.3 Å². The van der Waals surface area contributed by atoms with E-state index in [4.69, 9.17) is 37.2 Å². The third-order valence-electron chi connectivity index (χ3n) is 1.93. The minimum atomic E-state index is 0. The molecule has 1 aliphatic rings. The van der Waals surface area contributed by atoms with Gasteiger partial charge < -0.3 is 13.5 Å². The SMILES string of the molecule is CC(=O)C1CCCC1.[C-]#[O+].[C-]#[O+].[C-]#[O+].[C-]#[O+].[C-]#[O+].[C-]#[O+].[C-]#[O+].[C-]#[O+].[Co].[Cr].[Fe].[SH-]. The number of hydrogen-bond donors (Lipinski definition) is 0. The van der Waals surface area contributed by atoms with Crippen molar-refractivity contribution in [3.8, 4) is 0 Å². The predicted octanol–water partition coefficient (Wildman–Crippen LogP) is 1.19. The smallest absolute Gasteiger partial charge is 0 e. The maximum Gasteiger partial charge on any atom is 0 e. The molecule has 0 amide bonds. The van der Waals surface area contributed by atoms with Crippen LogP contribution >= 0.6 is 0 Å². The van der Waals surface area contributed by atoms with Crippen molar-refractivity contribution in [3.05, 3.63) is 53.2 Å². The van der Waals surface area contributed by atoms with E-state index in [2.05, 4.69) is 53.2 Å². The van der Waals surface area contributed by atoms with Gasteiger partial charge in [-0.3, -0.25) is 4.79 Å². The minimum absolute atomic E-state index is 0. The molecule has 0 aromatic rings. The number of rotatable bonds is 1. The first-order valence-electron chi connectivity index (χ1n) is 4.94. The van der Waals surface area contributed by atoms with Crippen molar-refractivity contribution in [3.63, 3.8) is 0 Å². The van der Waals surface area contributed by atoms with Crippen molar-refractivity contribution in [2.24, 2.45) is 5.92 Å².